The molecule has 0 aliphatic heterocycles. The molecular formula is C14H20ClN3O2. The van der Waals surface area contributed by atoms with Gasteiger partial charge in [-0.2, -0.15) is 0 Å². The number of amides is 1. The number of pyridine rings is 1. The fourth-order valence-corrected chi connectivity index (χ4v) is 1.93. The van der Waals surface area contributed by atoms with Crippen LogP contribution in [0.15, 0.2) is 12.1 Å². The van der Waals surface area contributed by atoms with Crippen molar-refractivity contribution >= 4 is 23.3 Å². The summed E-state index contributed by atoms with van der Waals surface area (Å²) in [6, 6.07) is 3.42. The number of rotatable bonds is 8. The average molecular weight is 298 g/mol. The predicted octanol–water partition coefficient (Wildman–Crippen LogP) is 2.32. The molecule has 110 valence electrons. The van der Waals surface area contributed by atoms with Crippen LogP contribution in [0, 0.1) is 5.92 Å². The summed E-state index contributed by atoms with van der Waals surface area (Å²) in [6.07, 6.45) is 2.53. The normalized spacial score (nSPS) is 14.1. The Morgan fingerprint density at radius 3 is 3.00 bits per heavy atom. The van der Waals surface area contributed by atoms with Gasteiger partial charge in [0.15, 0.2) is 0 Å². The highest BCUT2D eigenvalue weighted by molar-refractivity contribution is 6.33. The molecule has 1 aromatic heterocycles. The predicted molar refractivity (Wildman–Crippen MR) is 79.3 cm³/mol. The fourth-order valence-electron chi connectivity index (χ4n) is 1.74. The number of aromatic nitrogens is 1. The highest BCUT2D eigenvalue weighted by atomic mass is 35.5. The largest absolute Gasteiger partial charge is 0.379 e. The standard InChI is InChI=1S/C14H20ClN3O2/c1-2-16-12-6-5-11(15)13(18-12)14(19)17-7-8-20-9-10-3-4-10/h5-6,10H,2-4,7-9H2,1H3,(H,16,18)(H,17,19). The van der Waals surface area contributed by atoms with E-state index in [0.29, 0.717) is 24.0 Å². The number of ether oxygens (including phenoxy) is 1. The van der Waals surface area contributed by atoms with Crippen LogP contribution in [0.1, 0.15) is 30.3 Å². The van der Waals surface area contributed by atoms with Crippen LogP contribution >= 0.6 is 11.6 Å². The molecule has 6 heteroatoms. The minimum atomic E-state index is -0.273. The van der Waals surface area contributed by atoms with E-state index >= 15 is 0 Å². The third kappa shape index (κ3) is 4.65. The molecule has 1 saturated carbocycles. The Balaban J connectivity index is 1.79. The Hall–Kier alpha value is -1.33. The second-order valence-corrected chi connectivity index (χ2v) is 5.24. The molecule has 20 heavy (non-hydrogen) atoms. The molecular weight excluding hydrogens is 278 g/mol. The van der Waals surface area contributed by atoms with Crippen LogP contribution in [0.4, 0.5) is 5.82 Å². The number of carbonyl (C=O) groups excluding carboxylic acids is 1. The average Bonchev–Trinajstić information content (AvgIpc) is 3.25. The molecule has 0 bridgehead atoms. The Morgan fingerprint density at radius 2 is 2.30 bits per heavy atom. The van der Waals surface area contributed by atoms with Gasteiger partial charge in [0.05, 0.1) is 11.6 Å². The third-order valence-electron chi connectivity index (χ3n) is 3.00. The molecule has 0 atom stereocenters. The Kier molecular flexibility index (Phi) is 5.61. The molecule has 0 unspecified atom stereocenters. The van der Waals surface area contributed by atoms with Crippen LogP contribution in [0.25, 0.3) is 0 Å². The summed E-state index contributed by atoms with van der Waals surface area (Å²) in [6.45, 7) is 4.49. The van der Waals surface area contributed by atoms with Crippen molar-refractivity contribution in [3.63, 3.8) is 0 Å². The molecule has 1 aromatic rings. The van der Waals surface area contributed by atoms with Crippen molar-refractivity contribution in [2.45, 2.75) is 19.8 Å². The van der Waals surface area contributed by atoms with Crippen molar-refractivity contribution in [2.75, 3.05) is 31.6 Å². The lowest BCUT2D eigenvalue weighted by Gasteiger charge is -2.09. The fraction of sp³-hybridized carbons (Fsp3) is 0.571. The SMILES string of the molecule is CCNc1ccc(Cl)c(C(=O)NCCOCC2CC2)n1. The molecule has 1 amide bonds. The molecule has 0 radical (unpaired) electrons. The number of hydrogen-bond acceptors (Lipinski definition) is 4. The molecule has 2 rings (SSSR count). The van der Waals surface area contributed by atoms with E-state index in [9.17, 15) is 4.79 Å². The first-order chi connectivity index (χ1) is 9.70. The topological polar surface area (TPSA) is 63.2 Å². The van der Waals surface area contributed by atoms with Gasteiger partial charge in [0.25, 0.3) is 5.91 Å². The number of anilines is 1. The van der Waals surface area contributed by atoms with Gasteiger partial charge in [0.1, 0.15) is 11.5 Å². The van der Waals surface area contributed by atoms with E-state index in [-0.39, 0.29) is 11.6 Å². The lowest BCUT2D eigenvalue weighted by molar-refractivity contribution is 0.0902. The van der Waals surface area contributed by atoms with E-state index in [0.717, 1.165) is 19.1 Å². The maximum absolute atomic E-state index is 12.0. The van der Waals surface area contributed by atoms with Gasteiger partial charge in [-0.3, -0.25) is 4.79 Å². The lowest BCUT2D eigenvalue weighted by atomic mass is 10.3. The Bertz CT molecular complexity index is 464. The summed E-state index contributed by atoms with van der Waals surface area (Å²) in [5.41, 5.74) is 0.243. The second-order valence-electron chi connectivity index (χ2n) is 4.83. The molecule has 1 heterocycles. The van der Waals surface area contributed by atoms with Crippen LogP contribution in [0.5, 0.6) is 0 Å². The first-order valence-electron chi connectivity index (χ1n) is 6.97. The van der Waals surface area contributed by atoms with E-state index in [1.54, 1.807) is 12.1 Å². The molecule has 1 aliphatic carbocycles. The zero-order chi connectivity index (χ0) is 14.4. The monoisotopic (exact) mass is 297 g/mol. The van der Waals surface area contributed by atoms with Crippen molar-refractivity contribution in [3.8, 4) is 0 Å². The third-order valence-corrected chi connectivity index (χ3v) is 3.31. The summed E-state index contributed by atoms with van der Waals surface area (Å²) in [5, 5.41) is 6.17. The Labute approximate surface area is 124 Å². The number of hydrogen-bond donors (Lipinski definition) is 2. The summed E-state index contributed by atoms with van der Waals surface area (Å²) < 4.78 is 5.46. The van der Waals surface area contributed by atoms with Gasteiger partial charge in [-0.15, -0.1) is 0 Å². The molecule has 2 N–H and O–H groups in total. The van der Waals surface area contributed by atoms with Crippen molar-refractivity contribution in [2.24, 2.45) is 5.92 Å². The van der Waals surface area contributed by atoms with Gasteiger partial charge in [-0.25, -0.2) is 4.98 Å². The second kappa shape index (κ2) is 7.45. The Morgan fingerprint density at radius 1 is 1.50 bits per heavy atom. The maximum Gasteiger partial charge on any atom is 0.271 e. The molecule has 0 spiro atoms. The first-order valence-corrected chi connectivity index (χ1v) is 7.35. The lowest BCUT2D eigenvalue weighted by Crippen LogP contribution is -2.28. The zero-order valence-electron chi connectivity index (χ0n) is 11.6. The van der Waals surface area contributed by atoms with E-state index < -0.39 is 0 Å². The summed E-state index contributed by atoms with van der Waals surface area (Å²) >= 11 is 6.00. The summed E-state index contributed by atoms with van der Waals surface area (Å²) in [5.74, 6) is 1.11. The van der Waals surface area contributed by atoms with Crippen molar-refractivity contribution in [1.29, 1.82) is 0 Å². The van der Waals surface area contributed by atoms with Gasteiger partial charge >= 0.3 is 0 Å². The van der Waals surface area contributed by atoms with E-state index in [2.05, 4.69) is 15.6 Å². The van der Waals surface area contributed by atoms with Crippen molar-refractivity contribution in [1.82, 2.24) is 10.3 Å². The van der Waals surface area contributed by atoms with Crippen LogP contribution in [0.3, 0.4) is 0 Å². The quantitative estimate of drug-likeness (QED) is 0.723. The van der Waals surface area contributed by atoms with E-state index in [4.69, 9.17) is 16.3 Å². The minimum Gasteiger partial charge on any atom is -0.379 e. The minimum absolute atomic E-state index is 0.243. The highest BCUT2D eigenvalue weighted by Gasteiger charge is 2.21. The summed E-state index contributed by atoms with van der Waals surface area (Å²) in [4.78, 5) is 16.2. The molecule has 5 nitrogen and oxygen atoms in total. The molecule has 0 aromatic carbocycles. The van der Waals surface area contributed by atoms with Crippen molar-refractivity contribution < 1.29 is 9.53 Å². The number of halogens is 1. The van der Waals surface area contributed by atoms with E-state index in [1.165, 1.54) is 12.8 Å². The smallest absolute Gasteiger partial charge is 0.271 e. The maximum atomic E-state index is 12.0. The van der Waals surface area contributed by atoms with Gasteiger partial charge in [-0.05, 0) is 37.8 Å². The van der Waals surface area contributed by atoms with Crippen LogP contribution in [-0.2, 0) is 4.74 Å². The van der Waals surface area contributed by atoms with Crippen LogP contribution in [-0.4, -0.2) is 37.2 Å². The number of nitrogens with zero attached hydrogens (tertiary/aromatic N) is 1. The van der Waals surface area contributed by atoms with Crippen LogP contribution < -0.4 is 10.6 Å². The molecule has 0 saturated heterocycles. The number of nitrogens with one attached hydrogen (secondary N) is 2. The van der Waals surface area contributed by atoms with Gasteiger partial charge in [0, 0.05) is 19.7 Å². The van der Waals surface area contributed by atoms with Crippen molar-refractivity contribution in [3.05, 3.63) is 22.8 Å². The van der Waals surface area contributed by atoms with Gasteiger partial charge in [0.2, 0.25) is 0 Å². The van der Waals surface area contributed by atoms with E-state index in [1.807, 2.05) is 6.92 Å². The molecule has 1 aliphatic rings. The molecule has 1 fully saturated rings. The first kappa shape index (κ1) is 15.1. The summed E-state index contributed by atoms with van der Waals surface area (Å²) in [7, 11) is 0. The number of carbonyl (C=O) groups is 1. The zero-order valence-corrected chi connectivity index (χ0v) is 12.4. The van der Waals surface area contributed by atoms with Gasteiger partial charge < -0.3 is 15.4 Å². The highest BCUT2D eigenvalue weighted by Crippen LogP contribution is 2.28. The van der Waals surface area contributed by atoms with Crippen LogP contribution in [0.2, 0.25) is 5.02 Å². The van der Waals surface area contributed by atoms with Gasteiger partial charge in [-0.1, -0.05) is 11.6 Å².